The number of esters is 1. The summed E-state index contributed by atoms with van der Waals surface area (Å²) in [4.78, 5) is 26.2. The first-order valence-corrected chi connectivity index (χ1v) is 8.24. The van der Waals surface area contributed by atoms with Gasteiger partial charge in [-0.2, -0.15) is 0 Å². The van der Waals surface area contributed by atoms with E-state index in [0.29, 0.717) is 6.54 Å². The molecule has 1 amide bonds. The second-order valence-corrected chi connectivity index (χ2v) is 6.22. The lowest BCUT2D eigenvalue weighted by Gasteiger charge is -2.33. The summed E-state index contributed by atoms with van der Waals surface area (Å²) >= 11 is 0. The van der Waals surface area contributed by atoms with Crippen molar-refractivity contribution in [3.63, 3.8) is 0 Å². The lowest BCUT2D eigenvalue weighted by Crippen LogP contribution is -2.44. The van der Waals surface area contributed by atoms with Crippen LogP contribution in [-0.2, 0) is 9.53 Å². The largest absolute Gasteiger partial charge is 0.507 e. The molecule has 5 nitrogen and oxygen atoms in total. The maximum atomic E-state index is 12.2. The minimum absolute atomic E-state index is 0.0770. The van der Waals surface area contributed by atoms with E-state index in [2.05, 4.69) is 0 Å². The first-order valence-electron chi connectivity index (χ1n) is 8.24. The highest BCUT2D eigenvalue weighted by molar-refractivity contribution is 5.99. The molecular formula is C19H21NO4. The molecule has 0 radical (unpaired) electrons. The third kappa shape index (κ3) is 3.35. The van der Waals surface area contributed by atoms with Gasteiger partial charge < -0.3 is 14.7 Å². The van der Waals surface area contributed by atoms with Crippen molar-refractivity contribution >= 4 is 22.6 Å². The van der Waals surface area contributed by atoms with E-state index >= 15 is 0 Å². The van der Waals surface area contributed by atoms with Gasteiger partial charge in [-0.25, -0.2) is 4.79 Å². The summed E-state index contributed by atoms with van der Waals surface area (Å²) in [6, 6.07) is 10.7. The molecule has 1 saturated heterocycles. The average molecular weight is 327 g/mol. The normalized spacial score (nSPS) is 17.7. The summed E-state index contributed by atoms with van der Waals surface area (Å²) in [5.74, 6) is -1.01. The number of piperidine rings is 1. The van der Waals surface area contributed by atoms with Gasteiger partial charge in [0.25, 0.3) is 5.91 Å². The number of nitrogens with zero attached hydrogens (tertiary/aromatic N) is 1. The molecule has 2 aromatic carbocycles. The molecule has 1 heterocycles. The van der Waals surface area contributed by atoms with E-state index in [0.717, 1.165) is 30.0 Å². The number of hydrogen-bond acceptors (Lipinski definition) is 4. The highest BCUT2D eigenvalue weighted by atomic mass is 16.5. The fourth-order valence-electron chi connectivity index (χ4n) is 3.15. The highest BCUT2D eigenvalue weighted by Gasteiger charge is 2.24. The number of aromatic hydroxyl groups is 1. The van der Waals surface area contributed by atoms with E-state index in [1.807, 2.05) is 31.2 Å². The Bertz CT molecular complexity index is 771. The van der Waals surface area contributed by atoms with Crippen LogP contribution in [-0.4, -0.2) is 41.1 Å². The first-order chi connectivity index (χ1) is 11.6. The van der Waals surface area contributed by atoms with E-state index in [1.54, 1.807) is 11.0 Å². The van der Waals surface area contributed by atoms with Crippen molar-refractivity contribution in [2.45, 2.75) is 32.2 Å². The molecule has 1 aliphatic rings. The quantitative estimate of drug-likeness (QED) is 0.880. The molecule has 0 spiro atoms. The Morgan fingerprint density at radius 1 is 1.21 bits per heavy atom. The van der Waals surface area contributed by atoms with Crippen molar-refractivity contribution in [2.24, 2.45) is 0 Å². The van der Waals surface area contributed by atoms with Crippen molar-refractivity contribution in [1.82, 2.24) is 4.90 Å². The molecule has 0 aliphatic carbocycles. The average Bonchev–Trinajstić information content (AvgIpc) is 2.59. The van der Waals surface area contributed by atoms with Gasteiger partial charge in [0.2, 0.25) is 0 Å². The zero-order valence-corrected chi connectivity index (χ0v) is 13.7. The van der Waals surface area contributed by atoms with Crippen molar-refractivity contribution in [2.75, 3.05) is 13.2 Å². The van der Waals surface area contributed by atoms with Crippen LogP contribution in [0.1, 0.15) is 36.5 Å². The van der Waals surface area contributed by atoms with Crippen LogP contribution >= 0.6 is 0 Å². The van der Waals surface area contributed by atoms with Gasteiger partial charge in [-0.05, 0) is 49.1 Å². The SMILES string of the molecule is CC1CCCCN1C(=O)COC(=O)c1cc2ccccc2cc1O. The van der Waals surface area contributed by atoms with Crippen molar-refractivity contribution < 1.29 is 19.4 Å². The summed E-state index contributed by atoms with van der Waals surface area (Å²) in [5.41, 5.74) is 0.0770. The number of ether oxygens (including phenoxy) is 1. The Balaban J connectivity index is 1.68. The third-order valence-corrected chi connectivity index (χ3v) is 4.53. The molecule has 2 aromatic rings. The molecule has 5 heteroatoms. The first kappa shape index (κ1) is 16.3. The monoisotopic (exact) mass is 327 g/mol. The van der Waals surface area contributed by atoms with Gasteiger partial charge >= 0.3 is 5.97 Å². The van der Waals surface area contributed by atoms with Crippen LogP contribution < -0.4 is 0 Å². The van der Waals surface area contributed by atoms with Crippen LogP contribution in [0.2, 0.25) is 0 Å². The Morgan fingerprint density at radius 2 is 1.92 bits per heavy atom. The van der Waals surface area contributed by atoms with Gasteiger partial charge in [0, 0.05) is 12.6 Å². The number of benzene rings is 2. The number of carbonyl (C=O) groups excluding carboxylic acids is 2. The van der Waals surface area contributed by atoms with E-state index in [1.165, 1.54) is 6.07 Å². The molecule has 24 heavy (non-hydrogen) atoms. The van der Waals surface area contributed by atoms with Gasteiger partial charge in [0.1, 0.15) is 11.3 Å². The van der Waals surface area contributed by atoms with Gasteiger partial charge in [0.05, 0.1) is 0 Å². The lowest BCUT2D eigenvalue weighted by atomic mass is 10.0. The van der Waals surface area contributed by atoms with Crippen LogP contribution in [0.4, 0.5) is 0 Å². The minimum Gasteiger partial charge on any atom is -0.507 e. The van der Waals surface area contributed by atoms with Crippen LogP contribution in [0.3, 0.4) is 0 Å². The second kappa shape index (κ2) is 6.91. The maximum Gasteiger partial charge on any atom is 0.342 e. The highest BCUT2D eigenvalue weighted by Crippen LogP contribution is 2.25. The molecule has 1 unspecified atom stereocenters. The van der Waals surface area contributed by atoms with Crippen molar-refractivity contribution in [3.8, 4) is 5.75 Å². The molecule has 1 atom stereocenters. The molecule has 0 saturated carbocycles. The Labute approximate surface area is 140 Å². The number of hydrogen-bond donors (Lipinski definition) is 1. The fourth-order valence-corrected chi connectivity index (χ4v) is 3.15. The number of phenolic OH excluding ortho intramolecular Hbond substituents is 1. The smallest absolute Gasteiger partial charge is 0.342 e. The van der Waals surface area contributed by atoms with Gasteiger partial charge in [0.15, 0.2) is 6.61 Å². The number of likely N-dealkylation sites (tertiary alicyclic amines) is 1. The zero-order chi connectivity index (χ0) is 17.1. The van der Waals surface area contributed by atoms with Crippen LogP contribution in [0, 0.1) is 0 Å². The fraction of sp³-hybridized carbons (Fsp3) is 0.368. The molecular weight excluding hydrogens is 306 g/mol. The summed E-state index contributed by atoms with van der Waals surface area (Å²) in [6.45, 7) is 2.42. The molecule has 1 N–H and O–H groups in total. The van der Waals surface area contributed by atoms with Gasteiger partial charge in [-0.15, -0.1) is 0 Å². The molecule has 0 aromatic heterocycles. The number of fused-ring (bicyclic) bond motifs is 1. The summed E-state index contributed by atoms with van der Waals surface area (Å²) in [7, 11) is 0. The van der Waals surface area contributed by atoms with Crippen LogP contribution in [0.25, 0.3) is 10.8 Å². The summed E-state index contributed by atoms with van der Waals surface area (Å²) in [6.07, 6.45) is 3.08. The van der Waals surface area contributed by atoms with E-state index in [-0.39, 0.29) is 29.9 Å². The van der Waals surface area contributed by atoms with E-state index < -0.39 is 5.97 Å². The minimum atomic E-state index is -0.684. The van der Waals surface area contributed by atoms with Crippen molar-refractivity contribution in [3.05, 3.63) is 42.0 Å². The Hall–Kier alpha value is -2.56. The van der Waals surface area contributed by atoms with E-state index in [9.17, 15) is 14.7 Å². The van der Waals surface area contributed by atoms with Gasteiger partial charge in [-0.1, -0.05) is 24.3 Å². The maximum absolute atomic E-state index is 12.2. The van der Waals surface area contributed by atoms with Crippen LogP contribution in [0.15, 0.2) is 36.4 Å². The predicted molar refractivity (Wildman–Crippen MR) is 90.9 cm³/mol. The molecule has 1 aliphatic heterocycles. The second-order valence-electron chi connectivity index (χ2n) is 6.22. The zero-order valence-electron chi connectivity index (χ0n) is 13.7. The topological polar surface area (TPSA) is 66.8 Å². The summed E-state index contributed by atoms with van der Waals surface area (Å²) in [5, 5.41) is 11.7. The third-order valence-electron chi connectivity index (χ3n) is 4.53. The molecule has 0 bridgehead atoms. The van der Waals surface area contributed by atoms with Crippen molar-refractivity contribution in [1.29, 1.82) is 0 Å². The summed E-state index contributed by atoms with van der Waals surface area (Å²) < 4.78 is 5.13. The number of phenols is 1. The Kier molecular flexibility index (Phi) is 4.69. The number of rotatable bonds is 3. The van der Waals surface area contributed by atoms with E-state index in [4.69, 9.17) is 4.74 Å². The number of amides is 1. The molecule has 126 valence electrons. The molecule has 3 rings (SSSR count). The molecule has 1 fully saturated rings. The Morgan fingerprint density at radius 3 is 2.62 bits per heavy atom. The van der Waals surface area contributed by atoms with Gasteiger partial charge in [-0.3, -0.25) is 4.79 Å². The number of carbonyl (C=O) groups is 2. The standard InChI is InChI=1S/C19H21NO4/c1-13-6-4-5-9-20(13)18(22)12-24-19(23)16-10-14-7-2-3-8-15(14)11-17(16)21/h2-3,7-8,10-11,13,21H,4-6,9,12H2,1H3. The predicted octanol–water partition coefficient (Wildman–Crippen LogP) is 3.10. The van der Waals surface area contributed by atoms with Crippen LogP contribution in [0.5, 0.6) is 5.75 Å². The lowest BCUT2D eigenvalue weighted by molar-refractivity contribution is -0.137.